The first kappa shape index (κ1) is 21.8. The van der Waals surface area contributed by atoms with Crippen LogP contribution in [-0.4, -0.2) is 11.2 Å². The first-order valence-corrected chi connectivity index (χ1v) is 11.5. The molecule has 1 aliphatic rings. The quantitative estimate of drug-likeness (QED) is 0.332. The number of hydrogen-bond acceptors (Lipinski definition) is 4. The summed E-state index contributed by atoms with van der Waals surface area (Å²) in [6.07, 6.45) is 1.42. The fourth-order valence-corrected chi connectivity index (χ4v) is 3.80. The van der Waals surface area contributed by atoms with Gasteiger partial charge in [-0.1, -0.05) is 65.5 Å². The van der Waals surface area contributed by atoms with E-state index in [-0.39, 0.29) is 11.5 Å². The molecular weight excluding hydrogens is 424 g/mol. The second-order valence-corrected chi connectivity index (χ2v) is 9.14. The van der Waals surface area contributed by atoms with E-state index in [1.807, 2.05) is 61.5 Å². The van der Waals surface area contributed by atoms with Crippen molar-refractivity contribution in [3.8, 4) is 23.2 Å². The van der Waals surface area contributed by atoms with Crippen LogP contribution in [0.25, 0.3) is 22.1 Å². The van der Waals surface area contributed by atoms with Gasteiger partial charge in [0.25, 0.3) is 0 Å². The molecule has 34 heavy (non-hydrogen) atoms. The summed E-state index contributed by atoms with van der Waals surface area (Å²) >= 11 is 0. The maximum absolute atomic E-state index is 12.6. The number of carbonyl (C=O) groups excluding carboxylic acids is 1. The third-order valence-corrected chi connectivity index (χ3v) is 6.25. The lowest BCUT2D eigenvalue weighted by Crippen LogP contribution is -2.16. The fourth-order valence-electron chi connectivity index (χ4n) is 3.80. The number of fused-ring (bicyclic) bond motifs is 1. The number of hydrogen-bond donors (Lipinski definition) is 1. The molecule has 0 radical (unpaired) electrons. The maximum Gasteiger partial charge on any atom is 0.412 e. The summed E-state index contributed by atoms with van der Waals surface area (Å²) in [6, 6.07) is 21.8. The van der Waals surface area contributed by atoms with Gasteiger partial charge in [-0.25, -0.2) is 4.79 Å². The first-order chi connectivity index (χ1) is 16.4. The molecule has 1 fully saturated rings. The number of rotatable bonds is 4. The van der Waals surface area contributed by atoms with Crippen LogP contribution in [0.5, 0.6) is 0 Å². The summed E-state index contributed by atoms with van der Waals surface area (Å²) in [4.78, 5) is 12.6. The molecule has 4 aromatic rings. The number of aromatic nitrogens is 1. The van der Waals surface area contributed by atoms with Gasteiger partial charge in [0.05, 0.1) is 0 Å². The van der Waals surface area contributed by atoms with Crippen molar-refractivity contribution in [1.82, 2.24) is 5.16 Å². The second kappa shape index (κ2) is 8.72. The highest BCUT2D eigenvalue weighted by Crippen LogP contribution is 2.44. The molecule has 0 saturated heterocycles. The minimum Gasteiger partial charge on any atom is -0.441 e. The average Bonchev–Trinajstić information content (AvgIpc) is 3.49. The third-order valence-electron chi connectivity index (χ3n) is 6.25. The van der Waals surface area contributed by atoms with E-state index in [2.05, 4.69) is 41.4 Å². The molecule has 5 rings (SSSR count). The van der Waals surface area contributed by atoms with Crippen LogP contribution in [-0.2, 0) is 4.74 Å². The minimum atomic E-state index is -0.558. The number of ether oxygens (including phenoxy) is 1. The van der Waals surface area contributed by atoms with Crippen LogP contribution in [0.3, 0.4) is 0 Å². The summed E-state index contributed by atoms with van der Waals surface area (Å²) in [5.74, 6) is 7.18. The van der Waals surface area contributed by atoms with Gasteiger partial charge in [0.15, 0.2) is 5.76 Å². The molecule has 1 aromatic heterocycles. The molecule has 5 nitrogen and oxygen atoms in total. The maximum atomic E-state index is 12.6. The normalized spacial score (nSPS) is 14.7. The van der Waals surface area contributed by atoms with E-state index < -0.39 is 6.09 Å². The number of nitrogens with zero attached hydrogens (tertiary/aromatic N) is 1. The highest BCUT2D eigenvalue weighted by atomic mass is 16.6. The standard InChI is InChI=1S/C29H26N2O3/c1-19-26(30-28(32)33-20(2)22-7-5-4-6-8-22)27(34-31-19)25-12-11-23-17-21(9-10-24(23)18-25)13-14-29(3)15-16-29/h4-12,17-18,20H,15-16H2,1-3H3,(H,30,32)/t20-/m1/s1. The molecular formula is C29H26N2O3. The Morgan fingerprint density at radius 2 is 1.82 bits per heavy atom. The summed E-state index contributed by atoms with van der Waals surface area (Å²) in [6.45, 7) is 5.83. The van der Waals surface area contributed by atoms with Gasteiger partial charge in [-0.2, -0.15) is 0 Å². The largest absolute Gasteiger partial charge is 0.441 e. The van der Waals surface area contributed by atoms with E-state index in [0.717, 1.165) is 27.5 Å². The number of benzene rings is 3. The zero-order valence-electron chi connectivity index (χ0n) is 19.5. The Morgan fingerprint density at radius 1 is 1.09 bits per heavy atom. The van der Waals surface area contributed by atoms with Gasteiger partial charge >= 0.3 is 6.09 Å². The average molecular weight is 451 g/mol. The highest BCUT2D eigenvalue weighted by molar-refractivity contribution is 5.93. The van der Waals surface area contributed by atoms with Crippen LogP contribution < -0.4 is 5.32 Å². The first-order valence-electron chi connectivity index (χ1n) is 11.5. The number of aryl methyl sites for hydroxylation is 1. The number of carbonyl (C=O) groups is 1. The summed E-state index contributed by atoms with van der Waals surface area (Å²) in [7, 11) is 0. The lowest BCUT2D eigenvalue weighted by molar-refractivity contribution is 0.121. The molecule has 0 aliphatic heterocycles. The molecule has 1 N–H and O–H groups in total. The zero-order valence-corrected chi connectivity index (χ0v) is 19.5. The molecule has 0 unspecified atom stereocenters. The number of amides is 1. The summed E-state index contributed by atoms with van der Waals surface area (Å²) in [5.41, 5.74) is 4.05. The van der Waals surface area contributed by atoms with Crippen LogP contribution in [0, 0.1) is 24.2 Å². The Labute approximate surface area is 199 Å². The molecule has 170 valence electrons. The van der Waals surface area contributed by atoms with E-state index in [1.165, 1.54) is 12.8 Å². The van der Waals surface area contributed by atoms with Crippen LogP contribution in [0.2, 0.25) is 0 Å². The van der Waals surface area contributed by atoms with E-state index in [0.29, 0.717) is 17.1 Å². The second-order valence-electron chi connectivity index (χ2n) is 9.14. The van der Waals surface area contributed by atoms with Gasteiger partial charge in [0.1, 0.15) is 17.5 Å². The lowest BCUT2D eigenvalue weighted by Gasteiger charge is -2.14. The molecule has 5 heteroatoms. The minimum absolute atomic E-state index is 0.201. The van der Waals surface area contributed by atoms with Crippen LogP contribution in [0.1, 0.15) is 49.6 Å². The van der Waals surface area contributed by atoms with Crippen LogP contribution in [0.15, 0.2) is 71.3 Å². The smallest absolute Gasteiger partial charge is 0.412 e. The van der Waals surface area contributed by atoms with Crippen molar-refractivity contribution in [3.05, 3.63) is 83.6 Å². The van der Waals surface area contributed by atoms with Crippen molar-refractivity contribution >= 4 is 22.6 Å². The SMILES string of the molecule is Cc1noc(-c2ccc3cc(C#CC4(C)CC4)ccc3c2)c1NC(=O)O[C@H](C)c1ccccc1. The molecule has 0 bridgehead atoms. The monoisotopic (exact) mass is 450 g/mol. The van der Waals surface area contributed by atoms with Crippen molar-refractivity contribution in [2.45, 2.75) is 39.7 Å². The Bertz CT molecular complexity index is 1420. The lowest BCUT2D eigenvalue weighted by atomic mass is 10.0. The van der Waals surface area contributed by atoms with E-state index >= 15 is 0 Å². The number of anilines is 1. The third kappa shape index (κ3) is 4.67. The number of nitrogens with one attached hydrogen (secondary N) is 1. The van der Waals surface area contributed by atoms with Crippen LogP contribution >= 0.6 is 0 Å². The van der Waals surface area contributed by atoms with Crippen molar-refractivity contribution in [2.75, 3.05) is 5.32 Å². The molecule has 1 amide bonds. The van der Waals surface area contributed by atoms with E-state index in [9.17, 15) is 4.79 Å². The molecule has 0 spiro atoms. The van der Waals surface area contributed by atoms with Crippen molar-refractivity contribution in [2.24, 2.45) is 5.41 Å². The van der Waals surface area contributed by atoms with E-state index in [1.54, 1.807) is 6.92 Å². The van der Waals surface area contributed by atoms with Gasteiger partial charge in [0.2, 0.25) is 0 Å². The Hall–Kier alpha value is -4.04. The molecule has 1 heterocycles. The van der Waals surface area contributed by atoms with Crippen molar-refractivity contribution in [3.63, 3.8) is 0 Å². The highest BCUT2D eigenvalue weighted by Gasteiger charge is 2.35. The Morgan fingerprint density at radius 3 is 2.59 bits per heavy atom. The summed E-state index contributed by atoms with van der Waals surface area (Å²) in [5, 5.41) is 9.04. The zero-order chi connectivity index (χ0) is 23.7. The van der Waals surface area contributed by atoms with Crippen molar-refractivity contribution in [1.29, 1.82) is 0 Å². The topological polar surface area (TPSA) is 64.4 Å². The Balaban J connectivity index is 1.36. The van der Waals surface area contributed by atoms with Gasteiger partial charge in [-0.05, 0) is 68.1 Å². The van der Waals surface area contributed by atoms with Crippen molar-refractivity contribution < 1.29 is 14.1 Å². The predicted molar refractivity (Wildman–Crippen MR) is 133 cm³/mol. The molecule has 1 aliphatic carbocycles. The molecule has 1 atom stereocenters. The molecule has 1 saturated carbocycles. The van der Waals surface area contributed by atoms with Gasteiger partial charge in [0, 0.05) is 16.5 Å². The predicted octanol–water partition coefficient (Wildman–Crippen LogP) is 7.26. The van der Waals surface area contributed by atoms with E-state index in [4.69, 9.17) is 9.26 Å². The molecule has 3 aromatic carbocycles. The summed E-state index contributed by atoms with van der Waals surface area (Å²) < 4.78 is 11.1. The van der Waals surface area contributed by atoms with Gasteiger partial charge in [-0.15, -0.1) is 0 Å². The Kier molecular flexibility index (Phi) is 5.59. The fraction of sp³-hybridized carbons (Fsp3) is 0.241. The van der Waals surface area contributed by atoms with Gasteiger partial charge in [-0.3, -0.25) is 5.32 Å². The van der Waals surface area contributed by atoms with Gasteiger partial charge < -0.3 is 9.26 Å². The van der Waals surface area contributed by atoms with Crippen LogP contribution in [0.4, 0.5) is 10.5 Å².